The predicted molar refractivity (Wildman–Crippen MR) is 67.2 cm³/mol. The summed E-state index contributed by atoms with van der Waals surface area (Å²) in [6.07, 6.45) is 2.54. The third-order valence-corrected chi connectivity index (χ3v) is 4.06. The lowest BCUT2D eigenvalue weighted by Gasteiger charge is -2.47. The van der Waals surface area contributed by atoms with Crippen LogP contribution >= 0.6 is 0 Å². The normalized spacial score (nSPS) is 34.8. The molecule has 90 valence electrons. The Morgan fingerprint density at radius 2 is 1.67 bits per heavy atom. The van der Waals surface area contributed by atoms with Crippen molar-refractivity contribution >= 4 is 0 Å². The van der Waals surface area contributed by atoms with Gasteiger partial charge >= 0.3 is 0 Å². The molecule has 0 radical (unpaired) electrons. The molecule has 0 N–H and O–H groups in total. The summed E-state index contributed by atoms with van der Waals surface area (Å²) in [4.78, 5) is 5.01. The van der Waals surface area contributed by atoms with Crippen LogP contribution in [0, 0.1) is 5.41 Å². The van der Waals surface area contributed by atoms with E-state index in [0.717, 1.165) is 0 Å². The van der Waals surface area contributed by atoms with Crippen molar-refractivity contribution in [2.75, 3.05) is 33.7 Å². The lowest BCUT2D eigenvalue weighted by Crippen LogP contribution is -2.53. The molecule has 1 aliphatic rings. The first kappa shape index (κ1) is 13.0. The maximum Gasteiger partial charge on any atom is 0.0181 e. The first-order valence-electron chi connectivity index (χ1n) is 6.19. The van der Waals surface area contributed by atoms with E-state index in [0.29, 0.717) is 11.0 Å². The van der Waals surface area contributed by atoms with Crippen molar-refractivity contribution in [3.05, 3.63) is 0 Å². The molecule has 1 aliphatic heterocycles. The number of hydrogen-bond acceptors (Lipinski definition) is 2. The summed E-state index contributed by atoms with van der Waals surface area (Å²) in [7, 11) is 4.52. The second-order valence-electron chi connectivity index (χ2n) is 6.35. The molecular weight excluding hydrogens is 184 g/mol. The molecule has 0 saturated carbocycles. The highest BCUT2D eigenvalue weighted by Crippen LogP contribution is 2.35. The Kier molecular flexibility index (Phi) is 3.83. The van der Waals surface area contributed by atoms with Gasteiger partial charge in [-0.15, -0.1) is 0 Å². The minimum Gasteiger partial charge on any atom is -0.305 e. The van der Waals surface area contributed by atoms with Crippen molar-refractivity contribution in [1.29, 1.82) is 0 Å². The first-order chi connectivity index (χ1) is 6.79. The molecule has 0 aromatic carbocycles. The molecule has 1 saturated heterocycles. The van der Waals surface area contributed by atoms with Crippen molar-refractivity contribution in [1.82, 2.24) is 9.80 Å². The smallest absolute Gasteiger partial charge is 0.0181 e. The zero-order valence-electron chi connectivity index (χ0n) is 11.4. The largest absolute Gasteiger partial charge is 0.305 e. The minimum atomic E-state index is 0.380. The summed E-state index contributed by atoms with van der Waals surface area (Å²) < 4.78 is 0. The van der Waals surface area contributed by atoms with Gasteiger partial charge < -0.3 is 4.90 Å². The minimum absolute atomic E-state index is 0.380. The van der Waals surface area contributed by atoms with Crippen LogP contribution in [0.4, 0.5) is 0 Å². The molecule has 15 heavy (non-hydrogen) atoms. The highest BCUT2D eigenvalue weighted by molar-refractivity contribution is 4.92. The van der Waals surface area contributed by atoms with Crippen LogP contribution in [0.15, 0.2) is 0 Å². The van der Waals surface area contributed by atoms with E-state index in [1.165, 1.54) is 32.5 Å². The van der Waals surface area contributed by atoms with Gasteiger partial charge in [-0.2, -0.15) is 0 Å². The highest BCUT2D eigenvalue weighted by Gasteiger charge is 2.36. The second-order valence-corrected chi connectivity index (χ2v) is 6.35. The van der Waals surface area contributed by atoms with Gasteiger partial charge in [-0.1, -0.05) is 20.8 Å². The highest BCUT2D eigenvalue weighted by atomic mass is 15.2. The van der Waals surface area contributed by atoms with Crippen LogP contribution in [0.2, 0.25) is 0 Å². The van der Waals surface area contributed by atoms with Crippen LogP contribution in [0.1, 0.15) is 40.5 Å². The van der Waals surface area contributed by atoms with E-state index in [1.807, 2.05) is 0 Å². The fourth-order valence-electron chi connectivity index (χ4n) is 3.02. The maximum atomic E-state index is 2.55. The Hall–Kier alpha value is -0.0800. The molecule has 1 atom stereocenters. The van der Waals surface area contributed by atoms with Crippen LogP contribution < -0.4 is 0 Å². The number of hydrogen-bond donors (Lipinski definition) is 0. The summed E-state index contributed by atoms with van der Waals surface area (Å²) in [5, 5.41) is 0. The summed E-state index contributed by atoms with van der Waals surface area (Å²) in [6, 6.07) is 0. The summed E-state index contributed by atoms with van der Waals surface area (Å²) in [6.45, 7) is 13.1. The average Bonchev–Trinajstić information content (AvgIpc) is 2.11. The Balaban J connectivity index is 2.83. The van der Waals surface area contributed by atoms with E-state index in [4.69, 9.17) is 0 Å². The zero-order chi connectivity index (χ0) is 11.7. The van der Waals surface area contributed by atoms with Crippen molar-refractivity contribution in [2.45, 2.75) is 46.1 Å². The molecule has 0 aromatic heterocycles. The third-order valence-electron chi connectivity index (χ3n) is 4.06. The molecule has 0 bridgehead atoms. The number of likely N-dealkylation sites (N-methyl/N-ethyl adjacent to an activating group) is 2. The van der Waals surface area contributed by atoms with Crippen molar-refractivity contribution in [2.24, 2.45) is 5.41 Å². The predicted octanol–water partition coefficient (Wildman–Crippen LogP) is 2.45. The molecule has 2 heteroatoms. The van der Waals surface area contributed by atoms with Gasteiger partial charge in [-0.25, -0.2) is 0 Å². The third kappa shape index (κ3) is 3.18. The lowest BCUT2D eigenvalue weighted by atomic mass is 9.76. The fourth-order valence-corrected chi connectivity index (χ4v) is 3.02. The standard InChI is InChI=1S/C13H28N2/c1-7-13(4)10-12(2,3)11-14(5)8-9-15(13)6/h7-11H2,1-6H3. The van der Waals surface area contributed by atoms with Crippen LogP contribution in [-0.4, -0.2) is 49.1 Å². The summed E-state index contributed by atoms with van der Waals surface area (Å²) >= 11 is 0. The van der Waals surface area contributed by atoms with Crippen molar-refractivity contribution < 1.29 is 0 Å². The van der Waals surface area contributed by atoms with Gasteiger partial charge in [0.25, 0.3) is 0 Å². The SMILES string of the molecule is CCC1(C)CC(C)(C)CN(C)CCN1C. The second kappa shape index (κ2) is 4.42. The lowest BCUT2D eigenvalue weighted by molar-refractivity contribution is 0.0290. The fraction of sp³-hybridized carbons (Fsp3) is 1.00. The van der Waals surface area contributed by atoms with E-state index in [2.05, 4.69) is 51.6 Å². The molecule has 2 nitrogen and oxygen atoms in total. The summed E-state index contributed by atoms with van der Waals surface area (Å²) in [5.41, 5.74) is 0.805. The molecule has 1 rings (SSSR count). The molecule has 0 aromatic rings. The zero-order valence-corrected chi connectivity index (χ0v) is 11.4. The Morgan fingerprint density at radius 1 is 1.07 bits per heavy atom. The molecule has 0 amide bonds. The van der Waals surface area contributed by atoms with E-state index < -0.39 is 0 Å². The van der Waals surface area contributed by atoms with Crippen LogP contribution in [-0.2, 0) is 0 Å². The van der Waals surface area contributed by atoms with Gasteiger partial charge in [-0.05, 0) is 39.3 Å². The molecule has 1 heterocycles. The number of rotatable bonds is 1. The molecule has 0 aliphatic carbocycles. The Morgan fingerprint density at radius 3 is 2.20 bits per heavy atom. The Bertz CT molecular complexity index is 213. The van der Waals surface area contributed by atoms with Crippen molar-refractivity contribution in [3.63, 3.8) is 0 Å². The monoisotopic (exact) mass is 212 g/mol. The Labute approximate surface area is 95.6 Å². The van der Waals surface area contributed by atoms with Gasteiger partial charge in [0.1, 0.15) is 0 Å². The van der Waals surface area contributed by atoms with Gasteiger partial charge in [0.05, 0.1) is 0 Å². The molecular formula is C13H28N2. The van der Waals surface area contributed by atoms with Crippen LogP contribution in [0.5, 0.6) is 0 Å². The molecule has 1 unspecified atom stereocenters. The van der Waals surface area contributed by atoms with Crippen molar-refractivity contribution in [3.8, 4) is 0 Å². The van der Waals surface area contributed by atoms with Gasteiger partial charge in [0, 0.05) is 25.2 Å². The average molecular weight is 212 g/mol. The van der Waals surface area contributed by atoms with E-state index in [9.17, 15) is 0 Å². The van der Waals surface area contributed by atoms with Gasteiger partial charge in [-0.3, -0.25) is 4.90 Å². The number of nitrogens with zero attached hydrogens (tertiary/aromatic N) is 2. The van der Waals surface area contributed by atoms with Crippen LogP contribution in [0.25, 0.3) is 0 Å². The van der Waals surface area contributed by atoms with Gasteiger partial charge in [0.15, 0.2) is 0 Å². The van der Waals surface area contributed by atoms with Gasteiger partial charge in [0.2, 0.25) is 0 Å². The quantitative estimate of drug-likeness (QED) is 0.659. The first-order valence-corrected chi connectivity index (χ1v) is 6.19. The maximum absolute atomic E-state index is 2.55. The van der Waals surface area contributed by atoms with E-state index in [-0.39, 0.29) is 0 Å². The van der Waals surface area contributed by atoms with E-state index >= 15 is 0 Å². The summed E-state index contributed by atoms with van der Waals surface area (Å²) in [5.74, 6) is 0. The molecule has 0 spiro atoms. The molecule has 1 fully saturated rings. The van der Waals surface area contributed by atoms with Crippen LogP contribution in [0.3, 0.4) is 0 Å². The topological polar surface area (TPSA) is 6.48 Å². The van der Waals surface area contributed by atoms with E-state index in [1.54, 1.807) is 0 Å².